The van der Waals surface area contributed by atoms with E-state index in [1.807, 2.05) is 0 Å². The second-order valence-corrected chi connectivity index (χ2v) is 5.45. The highest BCUT2D eigenvalue weighted by molar-refractivity contribution is 5.81. The van der Waals surface area contributed by atoms with Crippen LogP contribution in [0, 0.1) is 0 Å². The van der Waals surface area contributed by atoms with Crippen molar-refractivity contribution in [1.29, 1.82) is 0 Å². The van der Waals surface area contributed by atoms with E-state index in [0.717, 1.165) is 19.3 Å². The lowest BCUT2D eigenvalue weighted by atomic mass is 10.1. The van der Waals surface area contributed by atoms with Crippen LogP contribution in [0.3, 0.4) is 0 Å². The molecule has 126 valence electrons. The lowest BCUT2D eigenvalue weighted by Gasteiger charge is -2.20. The van der Waals surface area contributed by atoms with E-state index in [4.69, 9.17) is 10.2 Å². The number of aliphatic hydroxyl groups is 4. The number of amides is 1. The average Bonchev–Trinajstić information content (AvgIpc) is 2.50. The Balaban J connectivity index is 3.57. The maximum absolute atomic E-state index is 11.5. The first-order valence-corrected chi connectivity index (χ1v) is 7.97. The van der Waals surface area contributed by atoms with Gasteiger partial charge in [-0.2, -0.15) is 0 Å². The summed E-state index contributed by atoms with van der Waals surface area (Å²) in [6.07, 6.45) is 4.33. The molecule has 0 aromatic carbocycles. The summed E-state index contributed by atoms with van der Waals surface area (Å²) in [5, 5.41) is 39.1. The summed E-state index contributed by atoms with van der Waals surface area (Å²) < 4.78 is 0. The molecule has 6 heteroatoms. The molecule has 0 aromatic heterocycles. The molecule has 3 atom stereocenters. The van der Waals surface area contributed by atoms with Crippen LogP contribution in [0.2, 0.25) is 0 Å². The molecule has 6 nitrogen and oxygen atoms in total. The molecule has 21 heavy (non-hydrogen) atoms. The zero-order valence-corrected chi connectivity index (χ0v) is 13.0. The van der Waals surface area contributed by atoms with Crippen LogP contribution in [0.1, 0.15) is 58.3 Å². The molecule has 0 radical (unpaired) electrons. The Kier molecular flexibility index (Phi) is 12.6. The minimum Gasteiger partial charge on any atom is -0.394 e. The van der Waals surface area contributed by atoms with E-state index in [1.165, 1.54) is 32.1 Å². The van der Waals surface area contributed by atoms with E-state index in [9.17, 15) is 15.0 Å². The summed E-state index contributed by atoms with van der Waals surface area (Å²) >= 11 is 0. The molecular weight excluding hydrogens is 274 g/mol. The summed E-state index contributed by atoms with van der Waals surface area (Å²) in [6.45, 7) is 1.92. The van der Waals surface area contributed by atoms with Crippen molar-refractivity contribution in [3.63, 3.8) is 0 Å². The van der Waals surface area contributed by atoms with E-state index in [-0.39, 0.29) is 0 Å². The van der Waals surface area contributed by atoms with Gasteiger partial charge in [-0.05, 0) is 6.42 Å². The van der Waals surface area contributed by atoms with Crippen LogP contribution in [0.5, 0.6) is 0 Å². The Labute approximate surface area is 127 Å². The van der Waals surface area contributed by atoms with Crippen molar-refractivity contribution in [2.24, 2.45) is 0 Å². The lowest BCUT2D eigenvalue weighted by molar-refractivity contribution is -0.142. The lowest BCUT2D eigenvalue weighted by Crippen LogP contribution is -2.48. The van der Waals surface area contributed by atoms with Crippen LogP contribution in [0.25, 0.3) is 0 Å². The first kappa shape index (κ1) is 20.3. The third-order valence-corrected chi connectivity index (χ3v) is 3.50. The largest absolute Gasteiger partial charge is 0.394 e. The van der Waals surface area contributed by atoms with Gasteiger partial charge >= 0.3 is 0 Å². The number of carbonyl (C=O) groups excluding carboxylic acids is 1. The fraction of sp³-hybridized carbons (Fsp3) is 0.933. The van der Waals surface area contributed by atoms with E-state index in [0.29, 0.717) is 6.54 Å². The molecule has 0 heterocycles. The van der Waals surface area contributed by atoms with Gasteiger partial charge in [0.2, 0.25) is 0 Å². The van der Waals surface area contributed by atoms with Crippen molar-refractivity contribution in [3.05, 3.63) is 0 Å². The van der Waals surface area contributed by atoms with Gasteiger partial charge in [0.15, 0.2) is 6.10 Å². The van der Waals surface area contributed by atoms with Crippen LogP contribution < -0.4 is 5.32 Å². The number of rotatable bonds is 13. The van der Waals surface area contributed by atoms with Gasteiger partial charge in [-0.25, -0.2) is 0 Å². The molecule has 1 amide bonds. The molecular formula is C15H31NO5. The summed E-state index contributed by atoms with van der Waals surface area (Å²) in [4.78, 5) is 11.5. The fourth-order valence-electron chi connectivity index (χ4n) is 2.05. The van der Waals surface area contributed by atoms with Gasteiger partial charge in [-0.15, -0.1) is 0 Å². The van der Waals surface area contributed by atoms with E-state index in [2.05, 4.69) is 12.2 Å². The van der Waals surface area contributed by atoms with Gasteiger partial charge in [0.1, 0.15) is 12.2 Å². The van der Waals surface area contributed by atoms with Crippen LogP contribution in [0.15, 0.2) is 0 Å². The zero-order valence-electron chi connectivity index (χ0n) is 13.0. The first-order chi connectivity index (χ1) is 10.0. The Morgan fingerprint density at radius 2 is 1.48 bits per heavy atom. The molecule has 0 spiro atoms. The molecule has 0 aromatic rings. The monoisotopic (exact) mass is 305 g/mol. The minimum atomic E-state index is -1.72. The summed E-state index contributed by atoms with van der Waals surface area (Å²) in [6, 6.07) is 0. The number of nitrogens with one attached hydrogen (secondary N) is 1. The number of carbonyl (C=O) groups is 1. The summed E-state index contributed by atoms with van der Waals surface area (Å²) in [5.41, 5.74) is 0. The van der Waals surface area contributed by atoms with Crippen LogP contribution in [-0.4, -0.2) is 57.8 Å². The van der Waals surface area contributed by atoms with E-state index in [1.54, 1.807) is 0 Å². The zero-order chi connectivity index (χ0) is 16.1. The van der Waals surface area contributed by atoms with Crippen molar-refractivity contribution < 1.29 is 25.2 Å². The van der Waals surface area contributed by atoms with Crippen molar-refractivity contribution in [2.45, 2.75) is 76.6 Å². The molecule has 0 aliphatic heterocycles. The highest BCUT2D eigenvalue weighted by Gasteiger charge is 2.29. The Bertz CT molecular complexity index is 262. The smallest absolute Gasteiger partial charge is 0.251 e. The molecule has 0 bridgehead atoms. The van der Waals surface area contributed by atoms with Crippen LogP contribution in [-0.2, 0) is 4.79 Å². The normalized spacial score (nSPS) is 15.5. The van der Waals surface area contributed by atoms with Crippen LogP contribution >= 0.6 is 0 Å². The van der Waals surface area contributed by atoms with Gasteiger partial charge in [0.05, 0.1) is 6.61 Å². The molecule has 0 saturated carbocycles. The van der Waals surface area contributed by atoms with Gasteiger partial charge in [0, 0.05) is 6.54 Å². The third-order valence-electron chi connectivity index (χ3n) is 3.50. The highest BCUT2D eigenvalue weighted by Crippen LogP contribution is 2.08. The predicted octanol–water partition coefficient (Wildman–Crippen LogP) is 0.318. The molecule has 0 fully saturated rings. The predicted molar refractivity (Wildman–Crippen MR) is 80.7 cm³/mol. The maximum Gasteiger partial charge on any atom is 0.251 e. The fourth-order valence-corrected chi connectivity index (χ4v) is 2.05. The van der Waals surface area contributed by atoms with Crippen molar-refractivity contribution in [2.75, 3.05) is 13.2 Å². The summed E-state index contributed by atoms with van der Waals surface area (Å²) in [5.74, 6) is -0.724. The standard InChI is InChI=1S/C15H31NO5/c1-2-3-4-5-6-7-8-9-10-16-15(21)14(20)13(19)12(18)11-17/h12-14,17-20H,2-11H2,1H3,(H,16,21)/t12-,13-,14+/m0/s1. The SMILES string of the molecule is CCCCCCCCCCNC(=O)[C@H](O)[C@@H](O)[C@@H](O)CO. The molecule has 0 rings (SSSR count). The van der Waals surface area contributed by atoms with Gasteiger partial charge < -0.3 is 25.7 Å². The number of hydrogen-bond acceptors (Lipinski definition) is 5. The molecule has 0 unspecified atom stereocenters. The maximum atomic E-state index is 11.5. The van der Waals surface area contributed by atoms with Gasteiger partial charge in [-0.1, -0.05) is 51.9 Å². The molecule has 0 aliphatic carbocycles. The molecule has 5 N–H and O–H groups in total. The second kappa shape index (κ2) is 13.0. The Morgan fingerprint density at radius 1 is 0.952 bits per heavy atom. The number of unbranched alkanes of at least 4 members (excludes halogenated alkanes) is 7. The van der Waals surface area contributed by atoms with E-state index >= 15 is 0 Å². The molecule has 0 saturated heterocycles. The first-order valence-electron chi connectivity index (χ1n) is 7.97. The highest BCUT2D eigenvalue weighted by atomic mass is 16.4. The quantitative estimate of drug-likeness (QED) is 0.315. The average molecular weight is 305 g/mol. The van der Waals surface area contributed by atoms with Gasteiger partial charge in [-0.3, -0.25) is 4.79 Å². The topological polar surface area (TPSA) is 110 Å². The Morgan fingerprint density at radius 3 is 2.00 bits per heavy atom. The second-order valence-electron chi connectivity index (χ2n) is 5.45. The van der Waals surface area contributed by atoms with Crippen molar-refractivity contribution in [1.82, 2.24) is 5.32 Å². The van der Waals surface area contributed by atoms with Gasteiger partial charge in [0.25, 0.3) is 5.91 Å². The van der Waals surface area contributed by atoms with Crippen molar-refractivity contribution >= 4 is 5.91 Å². The molecule has 0 aliphatic rings. The summed E-state index contributed by atoms with van der Waals surface area (Å²) in [7, 11) is 0. The van der Waals surface area contributed by atoms with E-state index < -0.39 is 30.8 Å². The van der Waals surface area contributed by atoms with Crippen molar-refractivity contribution in [3.8, 4) is 0 Å². The third kappa shape index (κ3) is 9.79. The van der Waals surface area contributed by atoms with Crippen LogP contribution in [0.4, 0.5) is 0 Å². The number of aliphatic hydroxyl groups excluding tert-OH is 4. The number of hydrogen-bond donors (Lipinski definition) is 5. The Hall–Kier alpha value is -0.690. The minimum absolute atomic E-state index is 0.437.